The Morgan fingerprint density at radius 2 is 2.32 bits per heavy atom. The summed E-state index contributed by atoms with van der Waals surface area (Å²) < 4.78 is 20.8. The van der Waals surface area contributed by atoms with Gasteiger partial charge in [-0.2, -0.15) is 5.10 Å². The van der Waals surface area contributed by atoms with E-state index >= 15 is 0 Å². The largest absolute Gasteiger partial charge is 0.376 e. The molecule has 0 unspecified atom stereocenters. The third-order valence-corrected chi connectivity index (χ3v) is 3.84. The maximum absolute atomic E-state index is 13.6. The molecule has 1 amide bonds. The summed E-state index contributed by atoms with van der Waals surface area (Å²) in [6, 6.07) is 4.62. The van der Waals surface area contributed by atoms with E-state index in [1.807, 2.05) is 11.6 Å². The lowest BCUT2D eigenvalue weighted by molar-refractivity contribution is 0.0984. The number of ether oxygens (including phenoxy) is 1. The van der Waals surface area contributed by atoms with Crippen molar-refractivity contribution in [2.45, 2.75) is 33.4 Å². The van der Waals surface area contributed by atoms with Gasteiger partial charge in [-0.3, -0.25) is 9.48 Å². The number of anilines is 1. The van der Waals surface area contributed by atoms with Crippen LogP contribution in [0.3, 0.4) is 0 Å². The van der Waals surface area contributed by atoms with E-state index in [9.17, 15) is 9.18 Å². The highest BCUT2D eigenvalue weighted by Crippen LogP contribution is 2.22. The van der Waals surface area contributed by atoms with Crippen molar-refractivity contribution in [3.05, 3.63) is 46.5 Å². The molecule has 0 spiro atoms. The van der Waals surface area contributed by atoms with E-state index in [1.165, 1.54) is 6.07 Å². The average Bonchev–Trinajstić information content (AvgIpc) is 2.90. The Morgan fingerprint density at radius 1 is 1.50 bits per heavy atom. The van der Waals surface area contributed by atoms with Gasteiger partial charge in [0.15, 0.2) is 5.69 Å². The van der Waals surface area contributed by atoms with Gasteiger partial charge < -0.3 is 10.1 Å². The van der Waals surface area contributed by atoms with Crippen molar-refractivity contribution in [3.63, 3.8) is 0 Å². The quantitative estimate of drug-likeness (QED) is 0.948. The highest BCUT2D eigenvalue weighted by Gasteiger charge is 2.25. The molecule has 2 aromatic rings. The molecule has 5 nitrogen and oxygen atoms in total. The molecule has 0 fully saturated rings. The van der Waals surface area contributed by atoms with Crippen LogP contribution in [0, 0.1) is 12.7 Å². The Bertz CT molecular complexity index is 724. The van der Waals surface area contributed by atoms with Gasteiger partial charge in [0.2, 0.25) is 0 Å². The molecule has 1 aliphatic heterocycles. The zero-order valence-corrected chi connectivity index (χ0v) is 12.6. The monoisotopic (exact) mass is 303 g/mol. The van der Waals surface area contributed by atoms with Gasteiger partial charge in [-0.25, -0.2) is 4.39 Å². The molecular formula is C16H18FN3O2. The number of hydrogen-bond donors (Lipinski definition) is 1. The van der Waals surface area contributed by atoms with Crippen molar-refractivity contribution in [1.82, 2.24) is 9.78 Å². The number of rotatable bonds is 3. The van der Waals surface area contributed by atoms with Gasteiger partial charge in [0, 0.05) is 29.9 Å². The van der Waals surface area contributed by atoms with Gasteiger partial charge in [0.05, 0.1) is 13.2 Å². The van der Waals surface area contributed by atoms with Crippen LogP contribution < -0.4 is 5.32 Å². The molecule has 1 aliphatic rings. The van der Waals surface area contributed by atoms with Crippen LogP contribution in [0.2, 0.25) is 0 Å². The van der Waals surface area contributed by atoms with Crippen LogP contribution >= 0.6 is 0 Å². The van der Waals surface area contributed by atoms with E-state index in [-0.39, 0.29) is 11.7 Å². The molecule has 0 atom stereocenters. The first-order valence-electron chi connectivity index (χ1n) is 7.34. The van der Waals surface area contributed by atoms with E-state index in [0.29, 0.717) is 36.7 Å². The first kappa shape index (κ1) is 14.7. The summed E-state index contributed by atoms with van der Waals surface area (Å²) in [6.07, 6.45) is 0.753. The van der Waals surface area contributed by atoms with Crippen molar-refractivity contribution >= 4 is 11.6 Å². The molecule has 2 heterocycles. The number of carbonyl (C=O) groups is 1. The Balaban J connectivity index is 1.89. The topological polar surface area (TPSA) is 56.2 Å². The SMILES string of the molecule is CCn1nc(C(=O)Nc2ccc(C)c(F)c2)c2c1CCOC2. The molecule has 6 heteroatoms. The van der Waals surface area contributed by atoms with E-state index < -0.39 is 0 Å². The number of hydrogen-bond acceptors (Lipinski definition) is 3. The van der Waals surface area contributed by atoms with Crippen LogP contribution in [0.5, 0.6) is 0 Å². The van der Waals surface area contributed by atoms with Crippen LogP contribution in [0.25, 0.3) is 0 Å². The Labute approximate surface area is 128 Å². The summed E-state index contributed by atoms with van der Waals surface area (Å²) >= 11 is 0. The van der Waals surface area contributed by atoms with Crippen molar-refractivity contribution in [3.8, 4) is 0 Å². The van der Waals surface area contributed by atoms with Gasteiger partial charge in [0.25, 0.3) is 5.91 Å². The molecule has 3 rings (SSSR count). The van der Waals surface area contributed by atoms with Crippen LogP contribution in [0.15, 0.2) is 18.2 Å². The fourth-order valence-corrected chi connectivity index (χ4v) is 2.61. The van der Waals surface area contributed by atoms with Gasteiger partial charge in [-0.15, -0.1) is 0 Å². The maximum Gasteiger partial charge on any atom is 0.276 e. The van der Waals surface area contributed by atoms with Crippen LogP contribution in [-0.2, 0) is 24.3 Å². The van der Waals surface area contributed by atoms with E-state index in [2.05, 4.69) is 10.4 Å². The number of nitrogens with one attached hydrogen (secondary N) is 1. The van der Waals surface area contributed by atoms with Crippen LogP contribution in [0.1, 0.15) is 34.2 Å². The molecule has 0 saturated heterocycles. The lowest BCUT2D eigenvalue weighted by Crippen LogP contribution is -2.17. The van der Waals surface area contributed by atoms with Gasteiger partial charge in [-0.05, 0) is 31.5 Å². The molecule has 0 saturated carbocycles. The van der Waals surface area contributed by atoms with E-state index in [0.717, 1.165) is 17.7 Å². The lowest BCUT2D eigenvalue weighted by Gasteiger charge is -2.14. The highest BCUT2D eigenvalue weighted by atomic mass is 19.1. The lowest BCUT2D eigenvalue weighted by atomic mass is 10.1. The van der Waals surface area contributed by atoms with E-state index in [4.69, 9.17) is 4.74 Å². The molecule has 22 heavy (non-hydrogen) atoms. The Kier molecular flexibility index (Phi) is 3.94. The second-order valence-corrected chi connectivity index (χ2v) is 5.31. The minimum Gasteiger partial charge on any atom is -0.376 e. The van der Waals surface area contributed by atoms with Gasteiger partial charge in [-0.1, -0.05) is 6.07 Å². The number of halogens is 1. The number of amides is 1. The number of aromatic nitrogens is 2. The third kappa shape index (κ3) is 2.62. The highest BCUT2D eigenvalue weighted by molar-refractivity contribution is 6.04. The van der Waals surface area contributed by atoms with Gasteiger partial charge in [0.1, 0.15) is 5.82 Å². The number of nitrogens with zero attached hydrogens (tertiary/aromatic N) is 2. The van der Waals surface area contributed by atoms with Gasteiger partial charge >= 0.3 is 0 Å². The first-order chi connectivity index (χ1) is 10.6. The van der Waals surface area contributed by atoms with Crippen molar-refractivity contribution in [1.29, 1.82) is 0 Å². The second-order valence-electron chi connectivity index (χ2n) is 5.31. The van der Waals surface area contributed by atoms with Crippen molar-refractivity contribution in [2.24, 2.45) is 0 Å². The predicted octanol–water partition coefficient (Wildman–Crippen LogP) is 2.68. The predicted molar refractivity (Wildman–Crippen MR) is 80.4 cm³/mol. The molecule has 0 bridgehead atoms. The smallest absolute Gasteiger partial charge is 0.276 e. The fourth-order valence-electron chi connectivity index (χ4n) is 2.61. The summed E-state index contributed by atoms with van der Waals surface area (Å²) in [5.41, 5.74) is 3.20. The third-order valence-electron chi connectivity index (χ3n) is 3.84. The first-order valence-corrected chi connectivity index (χ1v) is 7.34. The molecular weight excluding hydrogens is 285 g/mol. The number of carbonyl (C=O) groups excluding carboxylic acids is 1. The minimum absolute atomic E-state index is 0.336. The zero-order chi connectivity index (χ0) is 15.7. The molecule has 116 valence electrons. The molecule has 0 radical (unpaired) electrons. The average molecular weight is 303 g/mol. The molecule has 0 aliphatic carbocycles. The maximum atomic E-state index is 13.6. The summed E-state index contributed by atoms with van der Waals surface area (Å²) in [5.74, 6) is -0.681. The summed E-state index contributed by atoms with van der Waals surface area (Å²) in [6.45, 7) is 5.40. The van der Waals surface area contributed by atoms with Crippen molar-refractivity contribution < 1.29 is 13.9 Å². The summed E-state index contributed by atoms with van der Waals surface area (Å²) in [7, 11) is 0. The van der Waals surface area contributed by atoms with Crippen LogP contribution in [-0.4, -0.2) is 22.3 Å². The van der Waals surface area contributed by atoms with E-state index in [1.54, 1.807) is 19.1 Å². The Morgan fingerprint density at radius 3 is 3.05 bits per heavy atom. The van der Waals surface area contributed by atoms with Crippen LogP contribution in [0.4, 0.5) is 10.1 Å². The molecule has 1 aromatic heterocycles. The molecule has 1 N–H and O–H groups in total. The fraction of sp³-hybridized carbons (Fsp3) is 0.375. The summed E-state index contributed by atoms with van der Waals surface area (Å²) in [5, 5.41) is 7.08. The number of fused-ring (bicyclic) bond motifs is 1. The number of benzene rings is 1. The van der Waals surface area contributed by atoms with Crippen molar-refractivity contribution in [2.75, 3.05) is 11.9 Å². The number of aryl methyl sites for hydroxylation is 2. The second kappa shape index (κ2) is 5.88. The Hall–Kier alpha value is -2.21. The normalized spacial score (nSPS) is 13.8. The minimum atomic E-state index is -0.345. The molecule has 1 aromatic carbocycles. The standard InChI is InChI=1S/C16H18FN3O2/c1-3-20-14-6-7-22-9-12(14)15(19-20)16(21)18-11-5-4-10(2)13(17)8-11/h4-5,8H,3,6-7,9H2,1-2H3,(H,18,21). The zero-order valence-electron chi connectivity index (χ0n) is 12.6. The summed E-state index contributed by atoms with van der Waals surface area (Å²) in [4.78, 5) is 12.4.